The lowest BCUT2D eigenvalue weighted by molar-refractivity contribution is -0.144. The van der Waals surface area contributed by atoms with Gasteiger partial charge in [0.1, 0.15) is 0 Å². The largest absolute Gasteiger partial charge is 0.364 e. The molecule has 0 radical (unpaired) electrons. The Morgan fingerprint density at radius 2 is 1.42 bits per heavy atom. The number of anilines is 1. The molecule has 2 unspecified atom stereocenters. The number of halogens is 1. The highest BCUT2D eigenvalue weighted by molar-refractivity contribution is 6.30. The molecule has 0 bridgehead atoms. The number of aliphatic hydroxyl groups is 1. The van der Waals surface area contributed by atoms with Crippen LogP contribution in [0.5, 0.6) is 0 Å². The number of ether oxygens (including phenoxy) is 1. The molecule has 220 valence electrons. The second-order valence-electron chi connectivity index (χ2n) is 11.2. The van der Waals surface area contributed by atoms with Crippen LogP contribution >= 0.6 is 11.6 Å². The Morgan fingerprint density at radius 1 is 0.860 bits per heavy atom. The summed E-state index contributed by atoms with van der Waals surface area (Å²) in [6, 6.07) is 34.1. The van der Waals surface area contributed by atoms with Gasteiger partial charge in [-0.05, 0) is 53.8 Å². The molecular weight excluding hydrogens is 562 g/mol. The van der Waals surface area contributed by atoms with Crippen molar-refractivity contribution in [3.8, 4) is 0 Å². The molecule has 2 fully saturated rings. The molecule has 2 N–H and O–H groups in total. The Hall–Kier alpha value is -4.17. The van der Waals surface area contributed by atoms with Crippen LogP contribution in [0.15, 0.2) is 109 Å². The number of likely N-dealkylation sites (tertiary alicyclic amines) is 1. The second-order valence-corrected chi connectivity index (χ2v) is 11.6. The first-order valence-electron chi connectivity index (χ1n) is 14.5. The lowest BCUT2D eigenvalue weighted by Crippen LogP contribution is -2.67. The minimum atomic E-state index is -1.03. The van der Waals surface area contributed by atoms with Crippen molar-refractivity contribution in [3.63, 3.8) is 0 Å². The molecule has 0 aliphatic carbocycles. The van der Waals surface area contributed by atoms with E-state index >= 15 is 0 Å². The third-order valence-electron chi connectivity index (χ3n) is 8.77. The SMILES string of the molecule is COC(O)c1ccc(N2C(=O)C3(CCN(C(=O)NC(c4ccccc4)c4ccccc4)CC3)C2c2ccc(Cl)cc2)cc1. The van der Waals surface area contributed by atoms with Gasteiger partial charge in [-0.25, -0.2) is 4.79 Å². The van der Waals surface area contributed by atoms with Crippen molar-refractivity contribution in [2.75, 3.05) is 25.1 Å². The Bertz CT molecular complexity index is 1520. The second kappa shape index (κ2) is 12.2. The number of hydrogen-bond donors (Lipinski definition) is 2. The maximum Gasteiger partial charge on any atom is 0.318 e. The summed E-state index contributed by atoms with van der Waals surface area (Å²) >= 11 is 6.21. The van der Waals surface area contributed by atoms with Gasteiger partial charge in [0.25, 0.3) is 0 Å². The molecule has 2 saturated heterocycles. The highest BCUT2D eigenvalue weighted by Gasteiger charge is 2.62. The standard InChI is InChI=1S/C35H34ClN3O4/c1-43-32(40)27-14-18-29(19-15-27)39-31(26-12-16-28(36)17-13-26)35(33(39)41)20-22-38(23-21-35)34(42)37-30(24-8-4-2-5-9-24)25-10-6-3-7-11-25/h2-19,30-32,40H,20-23H2,1H3,(H,37,42). The number of nitrogens with zero attached hydrogens (tertiary/aromatic N) is 2. The van der Waals surface area contributed by atoms with Gasteiger partial charge in [0, 0.05) is 36.5 Å². The number of β-lactam (4-membered cyclic amide) rings is 1. The monoisotopic (exact) mass is 595 g/mol. The highest BCUT2D eigenvalue weighted by atomic mass is 35.5. The zero-order valence-electron chi connectivity index (χ0n) is 23.9. The van der Waals surface area contributed by atoms with Gasteiger partial charge in [0.15, 0.2) is 6.29 Å². The maximum atomic E-state index is 14.0. The first kappa shape index (κ1) is 28.9. The Morgan fingerprint density at radius 3 is 1.95 bits per heavy atom. The van der Waals surface area contributed by atoms with Gasteiger partial charge in [-0.15, -0.1) is 0 Å². The summed E-state index contributed by atoms with van der Waals surface area (Å²) in [6.07, 6.45) is 0.0637. The number of carbonyl (C=O) groups excluding carboxylic acids is 2. The van der Waals surface area contributed by atoms with Crippen LogP contribution in [0, 0.1) is 5.41 Å². The van der Waals surface area contributed by atoms with Crippen molar-refractivity contribution in [2.45, 2.75) is 31.2 Å². The molecule has 7 nitrogen and oxygen atoms in total. The Labute approximate surface area is 256 Å². The fourth-order valence-corrected chi connectivity index (χ4v) is 6.56. The number of amides is 3. The van der Waals surface area contributed by atoms with Gasteiger partial charge >= 0.3 is 6.03 Å². The van der Waals surface area contributed by atoms with Crippen molar-refractivity contribution in [3.05, 3.63) is 136 Å². The Kier molecular flexibility index (Phi) is 8.21. The van der Waals surface area contributed by atoms with E-state index in [9.17, 15) is 14.7 Å². The molecule has 6 rings (SSSR count). The molecule has 2 atom stereocenters. The number of benzene rings is 4. The van der Waals surface area contributed by atoms with Crippen LogP contribution < -0.4 is 10.2 Å². The number of carbonyl (C=O) groups is 2. The molecule has 4 aromatic rings. The lowest BCUT2D eigenvalue weighted by Gasteiger charge is -2.59. The molecule has 2 aliphatic rings. The summed E-state index contributed by atoms with van der Waals surface area (Å²) < 4.78 is 5.02. The first-order valence-corrected chi connectivity index (χ1v) is 14.8. The zero-order chi connectivity index (χ0) is 30.0. The van der Waals surface area contributed by atoms with Crippen LogP contribution in [0.4, 0.5) is 10.5 Å². The van der Waals surface area contributed by atoms with Crippen molar-refractivity contribution < 1.29 is 19.4 Å². The molecule has 1 spiro atoms. The molecule has 0 saturated carbocycles. The van der Waals surface area contributed by atoms with E-state index in [4.69, 9.17) is 16.3 Å². The first-order chi connectivity index (χ1) is 20.9. The van der Waals surface area contributed by atoms with Crippen LogP contribution in [0.25, 0.3) is 0 Å². The van der Waals surface area contributed by atoms with Crippen LogP contribution in [0.2, 0.25) is 5.02 Å². The number of piperidine rings is 1. The Balaban J connectivity index is 1.22. The molecule has 3 amide bonds. The van der Waals surface area contributed by atoms with Crippen molar-refractivity contribution in [1.29, 1.82) is 0 Å². The fraction of sp³-hybridized carbons (Fsp3) is 0.257. The molecule has 2 heterocycles. The van der Waals surface area contributed by atoms with E-state index in [1.807, 2.05) is 107 Å². The zero-order valence-corrected chi connectivity index (χ0v) is 24.7. The van der Waals surface area contributed by atoms with Crippen molar-refractivity contribution in [1.82, 2.24) is 10.2 Å². The van der Waals surface area contributed by atoms with Crippen LogP contribution in [0.3, 0.4) is 0 Å². The summed E-state index contributed by atoms with van der Waals surface area (Å²) in [4.78, 5) is 31.3. The average Bonchev–Trinajstić information content (AvgIpc) is 3.07. The number of rotatable bonds is 7. The highest BCUT2D eigenvalue weighted by Crippen LogP contribution is 2.57. The predicted molar refractivity (Wildman–Crippen MR) is 167 cm³/mol. The van der Waals surface area contributed by atoms with Crippen molar-refractivity contribution in [2.24, 2.45) is 5.41 Å². The normalized spacial score (nSPS) is 18.4. The summed E-state index contributed by atoms with van der Waals surface area (Å²) in [5.41, 5.74) is 3.74. The smallest absolute Gasteiger partial charge is 0.318 e. The summed E-state index contributed by atoms with van der Waals surface area (Å²) in [5, 5.41) is 13.9. The maximum absolute atomic E-state index is 14.0. The predicted octanol–water partition coefficient (Wildman–Crippen LogP) is 6.65. The number of hydrogen-bond acceptors (Lipinski definition) is 4. The average molecular weight is 596 g/mol. The van der Waals surface area contributed by atoms with Gasteiger partial charge in [0.05, 0.1) is 17.5 Å². The quantitative estimate of drug-likeness (QED) is 0.185. The fourth-order valence-electron chi connectivity index (χ4n) is 6.43. The van der Waals surface area contributed by atoms with Gasteiger partial charge in [-0.1, -0.05) is 96.5 Å². The third kappa shape index (κ3) is 5.52. The van der Waals surface area contributed by atoms with Gasteiger partial charge in [0.2, 0.25) is 5.91 Å². The van der Waals surface area contributed by atoms with Crippen LogP contribution in [-0.2, 0) is 9.53 Å². The molecule has 43 heavy (non-hydrogen) atoms. The van der Waals surface area contributed by atoms with Crippen molar-refractivity contribution >= 4 is 29.2 Å². The van der Waals surface area contributed by atoms with Crippen LogP contribution in [0.1, 0.15) is 53.5 Å². The van der Waals surface area contributed by atoms with E-state index in [0.717, 1.165) is 22.4 Å². The van der Waals surface area contributed by atoms with Crippen LogP contribution in [-0.4, -0.2) is 42.1 Å². The van der Waals surface area contributed by atoms with E-state index in [2.05, 4.69) is 5.32 Å². The third-order valence-corrected chi connectivity index (χ3v) is 9.02. The summed E-state index contributed by atoms with van der Waals surface area (Å²) in [6.45, 7) is 0.926. The number of urea groups is 1. The van der Waals surface area contributed by atoms with Gasteiger partial charge in [-0.2, -0.15) is 0 Å². The molecule has 2 aliphatic heterocycles. The van der Waals surface area contributed by atoms with Gasteiger partial charge < -0.3 is 25.0 Å². The number of nitrogens with one attached hydrogen (secondary N) is 1. The minimum Gasteiger partial charge on any atom is -0.364 e. The molecule has 4 aromatic carbocycles. The lowest BCUT2D eigenvalue weighted by atomic mass is 9.62. The molecule has 0 aromatic heterocycles. The molecular formula is C35H34ClN3O4. The van der Waals surface area contributed by atoms with E-state index in [0.29, 0.717) is 36.5 Å². The topological polar surface area (TPSA) is 82.1 Å². The summed E-state index contributed by atoms with van der Waals surface area (Å²) in [5.74, 6) is 0.0407. The minimum absolute atomic E-state index is 0.0407. The van der Waals surface area contributed by atoms with E-state index in [1.54, 1.807) is 12.1 Å². The van der Waals surface area contributed by atoms with E-state index < -0.39 is 11.7 Å². The van der Waals surface area contributed by atoms with E-state index in [1.165, 1.54) is 7.11 Å². The molecule has 8 heteroatoms. The van der Waals surface area contributed by atoms with E-state index in [-0.39, 0.29) is 24.0 Å². The number of aliphatic hydroxyl groups excluding tert-OH is 1. The van der Waals surface area contributed by atoms with Gasteiger partial charge in [-0.3, -0.25) is 4.79 Å². The summed E-state index contributed by atoms with van der Waals surface area (Å²) in [7, 11) is 1.44. The number of methoxy groups -OCH3 is 1.